The molecule has 1 atom stereocenters. The predicted molar refractivity (Wildman–Crippen MR) is 112 cm³/mol. The van der Waals surface area contributed by atoms with Crippen molar-refractivity contribution in [2.24, 2.45) is 10.8 Å². The summed E-state index contributed by atoms with van der Waals surface area (Å²) in [6.45, 7) is 10.0. The summed E-state index contributed by atoms with van der Waals surface area (Å²) in [5.74, 6) is 1.07. The number of carbonyl (C=O) groups excluding carboxylic acids is 2. The van der Waals surface area contributed by atoms with E-state index < -0.39 is 5.41 Å². The van der Waals surface area contributed by atoms with Gasteiger partial charge in [-0.2, -0.15) is 0 Å². The number of hydrogen-bond acceptors (Lipinski definition) is 4. The summed E-state index contributed by atoms with van der Waals surface area (Å²) in [7, 11) is 0. The lowest BCUT2D eigenvalue weighted by molar-refractivity contribution is -0.148. The number of morpholine rings is 1. The van der Waals surface area contributed by atoms with Crippen LogP contribution in [-0.2, 0) is 14.3 Å². The summed E-state index contributed by atoms with van der Waals surface area (Å²) in [5, 5.41) is 0. The summed E-state index contributed by atoms with van der Waals surface area (Å²) in [6.07, 6.45) is 2.16. The lowest BCUT2D eigenvalue weighted by Crippen LogP contribution is -2.53. The number of nitrogens with zero attached hydrogens (tertiary/aromatic N) is 2. The molecule has 2 saturated heterocycles. The van der Waals surface area contributed by atoms with Gasteiger partial charge in [0.25, 0.3) is 0 Å². The maximum absolute atomic E-state index is 13.1. The number of benzene rings is 1. The summed E-state index contributed by atoms with van der Waals surface area (Å²) in [5.41, 5.74) is -0.804. The van der Waals surface area contributed by atoms with E-state index >= 15 is 0 Å². The van der Waals surface area contributed by atoms with Gasteiger partial charge in [-0.3, -0.25) is 9.59 Å². The van der Waals surface area contributed by atoms with Gasteiger partial charge in [0.15, 0.2) is 0 Å². The number of likely N-dealkylation sites (tertiary alicyclic amines) is 1. The van der Waals surface area contributed by atoms with Crippen molar-refractivity contribution < 1.29 is 19.1 Å². The van der Waals surface area contributed by atoms with Gasteiger partial charge in [-0.25, -0.2) is 0 Å². The minimum Gasteiger partial charge on any atom is -0.493 e. The van der Waals surface area contributed by atoms with Gasteiger partial charge in [-0.05, 0) is 25.0 Å². The first kappa shape index (κ1) is 21.6. The fraction of sp³-hybridized carbons (Fsp3) is 0.652. The first-order chi connectivity index (χ1) is 13.8. The molecule has 1 unspecified atom stereocenters. The van der Waals surface area contributed by atoms with Crippen molar-refractivity contribution in [1.29, 1.82) is 0 Å². The smallest absolute Gasteiger partial charge is 0.227 e. The van der Waals surface area contributed by atoms with E-state index in [2.05, 4.69) is 0 Å². The minimum atomic E-state index is -0.433. The molecule has 2 amide bonds. The summed E-state index contributed by atoms with van der Waals surface area (Å²) >= 11 is 0. The van der Waals surface area contributed by atoms with E-state index in [1.807, 2.05) is 60.9 Å². The van der Waals surface area contributed by atoms with Crippen LogP contribution in [0.2, 0.25) is 0 Å². The van der Waals surface area contributed by atoms with E-state index in [0.717, 1.165) is 25.1 Å². The van der Waals surface area contributed by atoms with Gasteiger partial charge >= 0.3 is 0 Å². The molecule has 0 spiro atoms. The van der Waals surface area contributed by atoms with Gasteiger partial charge < -0.3 is 19.3 Å². The van der Waals surface area contributed by atoms with Crippen LogP contribution in [0.1, 0.15) is 40.0 Å². The standard InChI is InChI=1S/C23H34N2O4/c1-22(2,3)21(27)25-11-7-10-23(17-25,18-29-19-8-5-4-6-9-19)16-20(26)24-12-14-28-15-13-24/h4-6,8-9H,7,10-18H2,1-3H3. The van der Waals surface area contributed by atoms with Crippen molar-refractivity contribution in [3.05, 3.63) is 30.3 Å². The van der Waals surface area contributed by atoms with Gasteiger partial charge in [0.05, 0.1) is 19.8 Å². The average Bonchev–Trinajstić information content (AvgIpc) is 2.73. The Bertz CT molecular complexity index is 695. The Kier molecular flexibility index (Phi) is 6.83. The molecule has 6 heteroatoms. The Labute approximate surface area is 174 Å². The highest BCUT2D eigenvalue weighted by Crippen LogP contribution is 2.36. The molecule has 2 fully saturated rings. The molecule has 0 aromatic heterocycles. The average molecular weight is 403 g/mol. The zero-order valence-corrected chi connectivity index (χ0v) is 18.0. The highest BCUT2D eigenvalue weighted by atomic mass is 16.5. The molecule has 0 aliphatic carbocycles. The fourth-order valence-electron chi connectivity index (χ4n) is 4.17. The lowest BCUT2D eigenvalue weighted by Gasteiger charge is -2.44. The van der Waals surface area contributed by atoms with Gasteiger partial charge in [-0.15, -0.1) is 0 Å². The highest BCUT2D eigenvalue weighted by molar-refractivity contribution is 5.82. The molecule has 0 N–H and O–H groups in total. The predicted octanol–water partition coefficient (Wildman–Crippen LogP) is 2.97. The second kappa shape index (κ2) is 9.16. The van der Waals surface area contributed by atoms with Gasteiger partial charge in [0.2, 0.25) is 11.8 Å². The molecule has 29 heavy (non-hydrogen) atoms. The first-order valence-corrected chi connectivity index (χ1v) is 10.6. The first-order valence-electron chi connectivity index (χ1n) is 10.6. The molecule has 2 heterocycles. The zero-order valence-electron chi connectivity index (χ0n) is 18.0. The second-order valence-corrected chi connectivity index (χ2v) is 9.35. The largest absolute Gasteiger partial charge is 0.493 e. The van der Waals surface area contributed by atoms with Crippen LogP contribution in [0.25, 0.3) is 0 Å². The Morgan fingerprint density at radius 1 is 1.07 bits per heavy atom. The molecule has 6 nitrogen and oxygen atoms in total. The fourth-order valence-corrected chi connectivity index (χ4v) is 4.17. The van der Waals surface area contributed by atoms with Crippen LogP contribution >= 0.6 is 0 Å². The van der Waals surface area contributed by atoms with Crippen molar-refractivity contribution in [1.82, 2.24) is 9.80 Å². The molecule has 2 aliphatic heterocycles. The number of amides is 2. The van der Waals surface area contributed by atoms with Crippen molar-refractivity contribution in [2.75, 3.05) is 46.0 Å². The highest BCUT2D eigenvalue weighted by Gasteiger charge is 2.42. The van der Waals surface area contributed by atoms with E-state index in [4.69, 9.17) is 9.47 Å². The number of para-hydroxylation sites is 1. The van der Waals surface area contributed by atoms with Crippen LogP contribution in [0.3, 0.4) is 0 Å². The minimum absolute atomic E-state index is 0.134. The van der Waals surface area contributed by atoms with Crippen LogP contribution in [0, 0.1) is 10.8 Å². The molecule has 2 aliphatic rings. The summed E-state index contributed by atoms with van der Waals surface area (Å²) in [4.78, 5) is 29.8. The van der Waals surface area contributed by atoms with Crippen LogP contribution in [0.4, 0.5) is 0 Å². The number of carbonyl (C=O) groups is 2. The molecule has 0 saturated carbocycles. The zero-order chi connectivity index (χ0) is 20.9. The summed E-state index contributed by atoms with van der Waals surface area (Å²) < 4.78 is 11.5. The molecule has 1 aromatic rings. The van der Waals surface area contributed by atoms with Crippen molar-refractivity contribution in [3.63, 3.8) is 0 Å². The molecule has 3 rings (SSSR count). The van der Waals surface area contributed by atoms with Crippen LogP contribution < -0.4 is 4.74 Å². The molecular weight excluding hydrogens is 368 g/mol. The maximum atomic E-state index is 13.1. The molecule has 0 radical (unpaired) electrons. The van der Waals surface area contributed by atoms with Gasteiger partial charge in [0, 0.05) is 43.4 Å². The summed E-state index contributed by atoms with van der Waals surface area (Å²) in [6, 6.07) is 9.69. The Hall–Kier alpha value is -2.08. The Morgan fingerprint density at radius 2 is 1.76 bits per heavy atom. The molecule has 160 valence electrons. The van der Waals surface area contributed by atoms with E-state index in [-0.39, 0.29) is 17.2 Å². The third-order valence-electron chi connectivity index (χ3n) is 5.77. The van der Waals surface area contributed by atoms with E-state index in [0.29, 0.717) is 45.9 Å². The van der Waals surface area contributed by atoms with Crippen LogP contribution in [-0.4, -0.2) is 67.6 Å². The van der Waals surface area contributed by atoms with E-state index in [9.17, 15) is 9.59 Å². The van der Waals surface area contributed by atoms with Crippen LogP contribution in [0.5, 0.6) is 5.75 Å². The third kappa shape index (κ3) is 5.72. The van der Waals surface area contributed by atoms with Gasteiger partial charge in [-0.1, -0.05) is 39.0 Å². The Morgan fingerprint density at radius 3 is 2.41 bits per heavy atom. The van der Waals surface area contributed by atoms with E-state index in [1.54, 1.807) is 0 Å². The van der Waals surface area contributed by atoms with Gasteiger partial charge in [0.1, 0.15) is 5.75 Å². The SMILES string of the molecule is CC(C)(C)C(=O)N1CCCC(COc2ccccc2)(CC(=O)N2CCOCC2)C1. The van der Waals surface area contributed by atoms with E-state index in [1.165, 1.54) is 0 Å². The van der Waals surface area contributed by atoms with Crippen molar-refractivity contribution in [2.45, 2.75) is 40.0 Å². The maximum Gasteiger partial charge on any atom is 0.227 e. The molecule has 0 bridgehead atoms. The topological polar surface area (TPSA) is 59.1 Å². The third-order valence-corrected chi connectivity index (χ3v) is 5.77. The second-order valence-electron chi connectivity index (χ2n) is 9.35. The number of piperidine rings is 1. The quantitative estimate of drug-likeness (QED) is 0.760. The number of rotatable bonds is 5. The molecule has 1 aromatic carbocycles. The van der Waals surface area contributed by atoms with Crippen LogP contribution in [0.15, 0.2) is 30.3 Å². The number of hydrogen-bond donors (Lipinski definition) is 0. The monoisotopic (exact) mass is 402 g/mol. The molecular formula is C23H34N2O4. The lowest BCUT2D eigenvalue weighted by atomic mass is 9.76. The van der Waals surface area contributed by atoms with Crippen molar-refractivity contribution in [3.8, 4) is 5.75 Å². The number of ether oxygens (including phenoxy) is 2. The van der Waals surface area contributed by atoms with Crippen molar-refractivity contribution >= 4 is 11.8 Å². The normalized spacial score (nSPS) is 23.0. The Balaban J connectivity index is 1.76.